The lowest BCUT2D eigenvalue weighted by Crippen LogP contribution is -2.12. The first-order valence-electron chi connectivity index (χ1n) is 2.67. The maximum Gasteiger partial charge on any atom is 0.132 e. The summed E-state index contributed by atoms with van der Waals surface area (Å²) in [6.45, 7) is 2.07. The van der Waals surface area contributed by atoms with Crippen LogP contribution in [0.4, 0.5) is 0 Å². The van der Waals surface area contributed by atoms with Crippen LogP contribution in [0.2, 0.25) is 0 Å². The van der Waals surface area contributed by atoms with E-state index in [2.05, 4.69) is 6.92 Å². The van der Waals surface area contributed by atoms with Crippen molar-refractivity contribution in [2.75, 3.05) is 11.5 Å². The number of hydrogen-bond donors (Lipinski definition) is 0. The van der Waals surface area contributed by atoms with E-state index in [4.69, 9.17) is 11.6 Å². The van der Waals surface area contributed by atoms with E-state index in [9.17, 15) is 0 Å². The minimum atomic E-state index is -0.0156. The summed E-state index contributed by atoms with van der Waals surface area (Å²) >= 11 is 9.70. The topological polar surface area (TPSA) is 0 Å². The van der Waals surface area contributed by atoms with Gasteiger partial charge in [-0.25, -0.2) is 0 Å². The molecule has 0 aromatic carbocycles. The fourth-order valence-corrected chi connectivity index (χ4v) is 3.40. The van der Waals surface area contributed by atoms with Crippen LogP contribution in [0, 0.1) is 0 Å². The van der Waals surface area contributed by atoms with Crippen LogP contribution in [0.5, 0.6) is 0 Å². The fraction of sp³-hybridized carbons (Fsp3) is 1.00. The van der Waals surface area contributed by atoms with Crippen LogP contribution in [0.15, 0.2) is 0 Å². The molecule has 0 aliphatic carbocycles. The average molecular weight is 169 g/mol. The van der Waals surface area contributed by atoms with Gasteiger partial charge in [0.25, 0.3) is 0 Å². The van der Waals surface area contributed by atoms with Gasteiger partial charge < -0.3 is 0 Å². The predicted molar refractivity (Wildman–Crippen MR) is 43.8 cm³/mol. The van der Waals surface area contributed by atoms with Crippen LogP contribution in [-0.4, -0.2) is 15.0 Å². The van der Waals surface area contributed by atoms with Crippen LogP contribution in [0.1, 0.15) is 13.3 Å². The summed E-state index contributed by atoms with van der Waals surface area (Å²) in [5.41, 5.74) is 0. The second-order valence-electron chi connectivity index (χ2n) is 1.89. The molecule has 0 saturated carbocycles. The SMILES string of the molecule is CC1(Cl)SCCCS1. The molecule has 48 valence electrons. The standard InChI is InChI=1S/C5H9ClS2/c1-5(6)7-3-2-4-8-5/h2-4H2,1H3. The molecule has 1 aliphatic heterocycles. The van der Waals surface area contributed by atoms with E-state index in [1.165, 1.54) is 17.9 Å². The highest BCUT2D eigenvalue weighted by molar-refractivity contribution is 8.20. The Balaban J connectivity index is 2.33. The largest absolute Gasteiger partial charge is 0.132 e. The van der Waals surface area contributed by atoms with Crippen LogP contribution in [-0.2, 0) is 0 Å². The molecule has 1 rings (SSSR count). The molecule has 1 fully saturated rings. The molecule has 0 spiro atoms. The van der Waals surface area contributed by atoms with Crippen LogP contribution in [0.25, 0.3) is 0 Å². The van der Waals surface area contributed by atoms with Crippen LogP contribution >= 0.6 is 35.1 Å². The molecule has 0 nitrogen and oxygen atoms in total. The Kier molecular flexibility index (Phi) is 2.41. The number of halogens is 1. The van der Waals surface area contributed by atoms with E-state index in [1.54, 1.807) is 0 Å². The van der Waals surface area contributed by atoms with Gasteiger partial charge in [-0.15, -0.1) is 23.5 Å². The Morgan fingerprint density at radius 3 is 2.12 bits per heavy atom. The van der Waals surface area contributed by atoms with Gasteiger partial charge in [0.2, 0.25) is 0 Å². The smallest absolute Gasteiger partial charge is 0.129 e. The zero-order valence-corrected chi connectivity index (χ0v) is 7.20. The molecule has 1 aliphatic rings. The van der Waals surface area contributed by atoms with Gasteiger partial charge in [0.05, 0.1) is 0 Å². The van der Waals surface area contributed by atoms with Crippen molar-refractivity contribution >= 4 is 35.1 Å². The zero-order chi connectivity index (χ0) is 6.04. The van der Waals surface area contributed by atoms with Crippen LogP contribution in [0.3, 0.4) is 0 Å². The Bertz CT molecular complexity index is 74.5. The molecule has 0 amide bonds. The normalized spacial score (nSPS) is 27.8. The van der Waals surface area contributed by atoms with Crippen molar-refractivity contribution in [3.05, 3.63) is 0 Å². The van der Waals surface area contributed by atoms with E-state index in [0.29, 0.717) is 0 Å². The van der Waals surface area contributed by atoms with E-state index in [-0.39, 0.29) is 3.54 Å². The Hall–Kier alpha value is 0.990. The second kappa shape index (κ2) is 2.72. The average Bonchev–Trinajstić information content (AvgIpc) is 1.65. The molecule has 8 heavy (non-hydrogen) atoms. The molecule has 0 radical (unpaired) electrons. The van der Waals surface area contributed by atoms with Gasteiger partial charge in [-0.2, -0.15) is 0 Å². The summed E-state index contributed by atoms with van der Waals surface area (Å²) in [6.07, 6.45) is 1.32. The van der Waals surface area contributed by atoms with Crippen molar-refractivity contribution in [3.8, 4) is 0 Å². The molecule has 0 aromatic heterocycles. The van der Waals surface area contributed by atoms with Crippen molar-refractivity contribution in [3.63, 3.8) is 0 Å². The molecule has 0 unspecified atom stereocenters. The highest BCUT2D eigenvalue weighted by atomic mass is 35.5. The van der Waals surface area contributed by atoms with Crippen molar-refractivity contribution in [2.45, 2.75) is 16.9 Å². The van der Waals surface area contributed by atoms with Gasteiger partial charge in [-0.1, -0.05) is 11.6 Å². The van der Waals surface area contributed by atoms with E-state index in [0.717, 1.165) is 0 Å². The molecular formula is C5H9ClS2. The maximum atomic E-state index is 6.00. The lowest BCUT2D eigenvalue weighted by molar-refractivity contribution is 1.08. The van der Waals surface area contributed by atoms with Gasteiger partial charge in [0, 0.05) is 0 Å². The van der Waals surface area contributed by atoms with Crippen molar-refractivity contribution < 1.29 is 0 Å². The lowest BCUT2D eigenvalue weighted by Gasteiger charge is -2.24. The number of alkyl halides is 1. The summed E-state index contributed by atoms with van der Waals surface area (Å²) in [4.78, 5) is 0. The summed E-state index contributed by atoms with van der Waals surface area (Å²) in [5.74, 6) is 2.46. The highest BCUT2D eigenvalue weighted by Gasteiger charge is 2.24. The third kappa shape index (κ3) is 2.08. The van der Waals surface area contributed by atoms with E-state index in [1.807, 2.05) is 23.5 Å². The third-order valence-electron chi connectivity index (χ3n) is 1.01. The third-order valence-corrected chi connectivity index (χ3v) is 4.39. The first kappa shape index (κ1) is 7.10. The highest BCUT2D eigenvalue weighted by Crippen LogP contribution is 2.44. The minimum absolute atomic E-state index is 0.0156. The summed E-state index contributed by atoms with van der Waals surface area (Å²) in [6, 6.07) is 0. The van der Waals surface area contributed by atoms with Gasteiger partial charge >= 0.3 is 0 Å². The molecule has 0 N–H and O–H groups in total. The fourth-order valence-electron chi connectivity index (χ4n) is 0.610. The molecule has 3 heteroatoms. The summed E-state index contributed by atoms with van der Waals surface area (Å²) in [7, 11) is 0. The van der Waals surface area contributed by atoms with Crippen LogP contribution < -0.4 is 0 Å². The van der Waals surface area contributed by atoms with Crippen molar-refractivity contribution in [1.29, 1.82) is 0 Å². The molecule has 0 atom stereocenters. The summed E-state index contributed by atoms with van der Waals surface area (Å²) in [5, 5.41) is 0. The molecular weight excluding hydrogens is 160 g/mol. The first-order chi connectivity index (χ1) is 3.71. The van der Waals surface area contributed by atoms with E-state index >= 15 is 0 Å². The second-order valence-corrected chi connectivity index (χ2v) is 6.37. The van der Waals surface area contributed by atoms with Gasteiger partial charge in [0.1, 0.15) is 3.54 Å². The Labute approximate surface area is 63.7 Å². The van der Waals surface area contributed by atoms with Gasteiger partial charge in [-0.3, -0.25) is 0 Å². The van der Waals surface area contributed by atoms with Crippen molar-refractivity contribution in [2.24, 2.45) is 0 Å². The molecule has 1 saturated heterocycles. The molecule has 0 bridgehead atoms. The lowest BCUT2D eigenvalue weighted by atomic mass is 10.6. The predicted octanol–water partition coefficient (Wildman–Crippen LogP) is 2.77. The Morgan fingerprint density at radius 1 is 1.38 bits per heavy atom. The first-order valence-corrected chi connectivity index (χ1v) is 5.02. The van der Waals surface area contributed by atoms with Gasteiger partial charge in [-0.05, 0) is 24.9 Å². The molecule has 1 heterocycles. The minimum Gasteiger partial charge on any atom is -0.129 e. The number of rotatable bonds is 0. The Morgan fingerprint density at radius 2 is 1.88 bits per heavy atom. The molecule has 0 aromatic rings. The quantitative estimate of drug-likeness (QED) is 0.511. The number of hydrogen-bond acceptors (Lipinski definition) is 2. The summed E-state index contributed by atoms with van der Waals surface area (Å²) < 4.78 is -0.0156. The maximum absolute atomic E-state index is 6.00. The van der Waals surface area contributed by atoms with E-state index < -0.39 is 0 Å². The monoisotopic (exact) mass is 168 g/mol. The van der Waals surface area contributed by atoms with Crippen molar-refractivity contribution in [1.82, 2.24) is 0 Å². The van der Waals surface area contributed by atoms with Gasteiger partial charge in [0.15, 0.2) is 0 Å². The number of thioether (sulfide) groups is 2. The zero-order valence-electron chi connectivity index (χ0n) is 4.82.